The Hall–Kier alpha value is -0.790. The van der Waals surface area contributed by atoms with Gasteiger partial charge in [-0.3, -0.25) is 0 Å². The summed E-state index contributed by atoms with van der Waals surface area (Å²) in [6, 6.07) is 0. The zero-order chi connectivity index (χ0) is 21.0. The van der Waals surface area contributed by atoms with Gasteiger partial charge in [0.15, 0.2) is 0 Å². The van der Waals surface area contributed by atoms with Gasteiger partial charge in [-0.25, -0.2) is 9.13 Å². The minimum atomic E-state index is 1.17. The predicted octanol–water partition coefficient (Wildman–Crippen LogP) is 8.40. The number of unbranched alkanes of at least 4 members (excludes halogenated alkanes) is 15. The molecular formula is C27H53N2+. The van der Waals surface area contributed by atoms with E-state index in [2.05, 4.69) is 42.3 Å². The monoisotopic (exact) mass is 405 g/mol. The molecule has 0 unspecified atom stereocenters. The van der Waals surface area contributed by atoms with Crippen molar-refractivity contribution in [1.29, 1.82) is 0 Å². The van der Waals surface area contributed by atoms with Crippen molar-refractivity contribution in [3.8, 4) is 0 Å². The van der Waals surface area contributed by atoms with Crippen LogP contribution in [0.4, 0.5) is 0 Å². The average Bonchev–Trinajstić information content (AvgIpc) is 3.10. The molecule has 0 bridgehead atoms. The fraction of sp³-hybridized carbons (Fsp3) is 0.889. The quantitative estimate of drug-likeness (QED) is 0.143. The van der Waals surface area contributed by atoms with Gasteiger partial charge in [-0.2, -0.15) is 0 Å². The molecule has 0 aliphatic rings. The van der Waals surface area contributed by atoms with Crippen LogP contribution < -0.4 is 4.57 Å². The van der Waals surface area contributed by atoms with Crippen LogP contribution in [0.2, 0.25) is 0 Å². The molecule has 0 saturated carbocycles. The van der Waals surface area contributed by atoms with Gasteiger partial charge >= 0.3 is 0 Å². The molecule has 2 nitrogen and oxygen atoms in total. The second kappa shape index (κ2) is 19.2. The van der Waals surface area contributed by atoms with Gasteiger partial charge in [0.2, 0.25) is 0 Å². The predicted molar refractivity (Wildman–Crippen MR) is 128 cm³/mol. The molecule has 0 radical (unpaired) electrons. The maximum atomic E-state index is 2.52. The molecule has 170 valence electrons. The van der Waals surface area contributed by atoms with E-state index >= 15 is 0 Å². The first-order chi connectivity index (χ1) is 14.3. The minimum absolute atomic E-state index is 1.17. The van der Waals surface area contributed by atoms with Gasteiger partial charge in [0.05, 0.1) is 13.1 Å². The van der Waals surface area contributed by atoms with Gasteiger partial charge in [-0.05, 0) is 25.7 Å². The van der Waals surface area contributed by atoms with Gasteiger partial charge < -0.3 is 0 Å². The highest BCUT2D eigenvalue weighted by molar-refractivity contribution is 4.83. The summed E-state index contributed by atoms with van der Waals surface area (Å²) in [7, 11) is 0. The molecule has 0 fully saturated rings. The van der Waals surface area contributed by atoms with E-state index < -0.39 is 0 Å². The Kier molecular flexibility index (Phi) is 17.4. The lowest BCUT2D eigenvalue weighted by Gasteiger charge is -2.05. The zero-order valence-corrected chi connectivity index (χ0v) is 20.4. The molecule has 0 saturated heterocycles. The largest absolute Gasteiger partial charge is 0.256 e. The SMILES string of the molecule is CCCCCCCCCCCCCCCCCC[n+]1ccn(CCC)c1CCC. The lowest BCUT2D eigenvalue weighted by molar-refractivity contribution is -0.704. The van der Waals surface area contributed by atoms with E-state index in [-0.39, 0.29) is 0 Å². The molecule has 0 N–H and O–H groups in total. The summed E-state index contributed by atoms with van der Waals surface area (Å²) in [4.78, 5) is 0. The number of imidazole rings is 1. The van der Waals surface area contributed by atoms with Gasteiger partial charge in [-0.1, -0.05) is 111 Å². The van der Waals surface area contributed by atoms with Crippen LogP contribution in [-0.2, 0) is 19.5 Å². The molecule has 1 aromatic heterocycles. The van der Waals surface area contributed by atoms with Crippen LogP contribution in [0.3, 0.4) is 0 Å². The Morgan fingerprint density at radius 2 is 1.07 bits per heavy atom. The third-order valence-corrected chi connectivity index (χ3v) is 6.28. The normalized spacial score (nSPS) is 11.4. The summed E-state index contributed by atoms with van der Waals surface area (Å²) in [5.74, 6) is 1.54. The van der Waals surface area contributed by atoms with Crippen LogP contribution in [0.5, 0.6) is 0 Å². The van der Waals surface area contributed by atoms with E-state index in [9.17, 15) is 0 Å². The third-order valence-electron chi connectivity index (χ3n) is 6.28. The molecule has 0 amide bonds. The minimum Gasteiger partial charge on any atom is -0.234 e. The highest BCUT2D eigenvalue weighted by Gasteiger charge is 2.14. The van der Waals surface area contributed by atoms with Crippen LogP contribution in [0.1, 0.15) is 142 Å². The van der Waals surface area contributed by atoms with Crippen molar-refractivity contribution in [3.63, 3.8) is 0 Å². The summed E-state index contributed by atoms with van der Waals surface area (Å²) >= 11 is 0. The number of aryl methyl sites for hydroxylation is 2. The summed E-state index contributed by atoms with van der Waals surface area (Å²) < 4.78 is 4.99. The van der Waals surface area contributed by atoms with Crippen molar-refractivity contribution in [2.24, 2.45) is 0 Å². The summed E-state index contributed by atoms with van der Waals surface area (Å²) in [6.45, 7) is 9.25. The van der Waals surface area contributed by atoms with Gasteiger partial charge in [0, 0.05) is 6.42 Å². The molecule has 0 aliphatic carbocycles. The van der Waals surface area contributed by atoms with Crippen molar-refractivity contribution < 1.29 is 4.57 Å². The van der Waals surface area contributed by atoms with Gasteiger partial charge in [-0.15, -0.1) is 0 Å². The van der Waals surface area contributed by atoms with Crippen LogP contribution in [0.25, 0.3) is 0 Å². The van der Waals surface area contributed by atoms with Crippen molar-refractivity contribution >= 4 is 0 Å². The van der Waals surface area contributed by atoms with Gasteiger partial charge in [0.1, 0.15) is 12.4 Å². The average molecular weight is 406 g/mol. The third kappa shape index (κ3) is 13.2. The Labute approximate surface area is 183 Å². The molecule has 29 heavy (non-hydrogen) atoms. The molecule has 1 heterocycles. The van der Waals surface area contributed by atoms with Gasteiger partial charge in [0.25, 0.3) is 5.82 Å². The Morgan fingerprint density at radius 1 is 0.586 bits per heavy atom. The van der Waals surface area contributed by atoms with E-state index in [1.54, 1.807) is 0 Å². The molecule has 0 spiro atoms. The highest BCUT2D eigenvalue weighted by atomic mass is 15.1. The molecule has 1 aromatic rings. The van der Waals surface area contributed by atoms with E-state index in [1.807, 2.05) is 0 Å². The van der Waals surface area contributed by atoms with Crippen molar-refractivity contribution in [2.45, 2.75) is 156 Å². The lowest BCUT2D eigenvalue weighted by atomic mass is 10.0. The van der Waals surface area contributed by atoms with Crippen LogP contribution in [0, 0.1) is 0 Å². The van der Waals surface area contributed by atoms with Crippen molar-refractivity contribution in [2.75, 3.05) is 0 Å². The Balaban J connectivity index is 1.91. The lowest BCUT2D eigenvalue weighted by Crippen LogP contribution is -2.37. The Morgan fingerprint density at radius 3 is 1.52 bits per heavy atom. The number of nitrogens with zero attached hydrogens (tertiary/aromatic N) is 2. The number of rotatable bonds is 21. The highest BCUT2D eigenvalue weighted by Crippen LogP contribution is 2.13. The van der Waals surface area contributed by atoms with E-state index in [0.29, 0.717) is 0 Å². The number of hydrogen-bond donors (Lipinski definition) is 0. The maximum Gasteiger partial charge on any atom is 0.256 e. The molecule has 2 heteroatoms. The second-order valence-electron chi connectivity index (χ2n) is 9.15. The summed E-state index contributed by atoms with van der Waals surface area (Å²) in [5, 5.41) is 0. The Bertz CT molecular complexity index is 463. The van der Waals surface area contributed by atoms with Crippen molar-refractivity contribution in [3.05, 3.63) is 18.2 Å². The second-order valence-corrected chi connectivity index (χ2v) is 9.15. The zero-order valence-electron chi connectivity index (χ0n) is 20.4. The maximum absolute atomic E-state index is 2.52. The first-order valence-corrected chi connectivity index (χ1v) is 13.4. The summed E-state index contributed by atoms with van der Waals surface area (Å²) in [6.07, 6.45) is 31.4. The first-order valence-electron chi connectivity index (χ1n) is 13.4. The molecule has 0 atom stereocenters. The molecule has 0 aliphatic heterocycles. The van der Waals surface area contributed by atoms with Crippen LogP contribution in [-0.4, -0.2) is 4.57 Å². The standard InChI is InChI=1S/C27H53N2/c1-4-7-8-9-10-11-12-13-14-15-16-17-18-19-20-21-24-29-26-25-28(23-6-3)27(29)22-5-2/h25-26H,4-24H2,1-3H3/q+1. The molecule has 1 rings (SSSR count). The van der Waals surface area contributed by atoms with Crippen LogP contribution >= 0.6 is 0 Å². The number of aromatic nitrogens is 2. The fourth-order valence-electron chi connectivity index (χ4n) is 4.49. The van der Waals surface area contributed by atoms with E-state index in [0.717, 1.165) is 0 Å². The van der Waals surface area contributed by atoms with Crippen LogP contribution in [0.15, 0.2) is 12.4 Å². The van der Waals surface area contributed by atoms with Crippen molar-refractivity contribution in [1.82, 2.24) is 4.57 Å². The topological polar surface area (TPSA) is 8.81 Å². The number of hydrogen-bond acceptors (Lipinski definition) is 0. The molecule has 0 aromatic carbocycles. The molecular weight excluding hydrogens is 352 g/mol. The smallest absolute Gasteiger partial charge is 0.234 e. The summed E-state index contributed by atoms with van der Waals surface area (Å²) in [5.41, 5.74) is 0. The first kappa shape index (κ1) is 26.2. The fourth-order valence-corrected chi connectivity index (χ4v) is 4.49. The van der Waals surface area contributed by atoms with E-state index in [1.165, 1.54) is 141 Å². The van der Waals surface area contributed by atoms with E-state index in [4.69, 9.17) is 0 Å².